The first-order chi connectivity index (χ1) is 11.6. The van der Waals surface area contributed by atoms with E-state index in [9.17, 15) is 4.79 Å². The third-order valence-electron chi connectivity index (χ3n) is 3.85. The van der Waals surface area contributed by atoms with Crippen LogP contribution in [0.15, 0.2) is 18.2 Å². The summed E-state index contributed by atoms with van der Waals surface area (Å²) in [5, 5.41) is 3.32. The van der Waals surface area contributed by atoms with Crippen LogP contribution in [-0.4, -0.2) is 19.1 Å². The van der Waals surface area contributed by atoms with E-state index in [-0.39, 0.29) is 5.91 Å². The number of thiophene rings is 1. The van der Waals surface area contributed by atoms with Gasteiger partial charge in [0.2, 0.25) is 0 Å². The highest BCUT2D eigenvalue weighted by atomic mass is 35.5. The van der Waals surface area contributed by atoms with E-state index in [1.807, 2.05) is 13.0 Å². The largest absolute Gasteiger partial charge is 0.490 e. The predicted octanol–water partition coefficient (Wildman–Crippen LogP) is 5.08. The van der Waals surface area contributed by atoms with Crippen LogP contribution in [0.4, 0.5) is 5.69 Å². The Hall–Kier alpha value is -1.72. The molecule has 1 aliphatic rings. The first kappa shape index (κ1) is 17.1. The van der Waals surface area contributed by atoms with Crippen LogP contribution in [-0.2, 0) is 6.42 Å². The molecule has 0 bridgehead atoms. The second-order valence-corrected chi connectivity index (χ2v) is 7.39. The van der Waals surface area contributed by atoms with Gasteiger partial charge in [-0.05, 0) is 25.0 Å². The van der Waals surface area contributed by atoms with Crippen LogP contribution < -0.4 is 14.8 Å². The van der Waals surface area contributed by atoms with Gasteiger partial charge in [-0.15, -0.1) is 11.3 Å². The Morgan fingerprint density at radius 2 is 1.96 bits per heavy atom. The van der Waals surface area contributed by atoms with Gasteiger partial charge in [0.05, 0.1) is 28.8 Å². The van der Waals surface area contributed by atoms with Crippen molar-refractivity contribution in [1.82, 2.24) is 0 Å². The molecule has 0 radical (unpaired) electrons. The highest BCUT2D eigenvalue weighted by Crippen LogP contribution is 2.38. The molecule has 1 amide bonds. The summed E-state index contributed by atoms with van der Waals surface area (Å²) in [5.41, 5.74) is 1.77. The number of anilines is 1. The summed E-state index contributed by atoms with van der Waals surface area (Å²) in [6, 6.07) is 5.39. The maximum atomic E-state index is 12.5. The van der Waals surface area contributed by atoms with E-state index >= 15 is 0 Å². The number of hydrogen-bond acceptors (Lipinski definition) is 4. The topological polar surface area (TPSA) is 47.6 Å². The number of carbonyl (C=O) groups is 1. The Bertz CT molecular complexity index is 757. The molecule has 0 saturated heterocycles. The van der Waals surface area contributed by atoms with Gasteiger partial charge in [-0.3, -0.25) is 4.79 Å². The minimum Gasteiger partial charge on any atom is -0.490 e. The zero-order valence-electron chi connectivity index (χ0n) is 13.8. The Kier molecular flexibility index (Phi) is 5.31. The smallest absolute Gasteiger partial charge is 0.265 e. The molecule has 6 heteroatoms. The minimum atomic E-state index is -0.151. The van der Waals surface area contributed by atoms with Gasteiger partial charge in [0, 0.05) is 23.4 Å². The van der Waals surface area contributed by atoms with Crippen LogP contribution in [0.5, 0.6) is 11.5 Å². The standard InChI is InChI=1S/C18H20ClNO3S/c1-3-5-12-8-17(24-11(12)2)18(21)20-14-10-16-15(9-13(14)19)22-6-4-7-23-16/h8-10H,3-7H2,1-2H3,(H,20,21). The Balaban J connectivity index is 1.81. The predicted molar refractivity (Wildman–Crippen MR) is 98.1 cm³/mol. The number of benzene rings is 1. The highest BCUT2D eigenvalue weighted by molar-refractivity contribution is 7.14. The van der Waals surface area contributed by atoms with Gasteiger partial charge in [0.15, 0.2) is 11.5 Å². The van der Waals surface area contributed by atoms with Crippen LogP contribution in [0, 0.1) is 6.92 Å². The monoisotopic (exact) mass is 365 g/mol. The minimum absolute atomic E-state index is 0.151. The second-order valence-electron chi connectivity index (χ2n) is 5.73. The van der Waals surface area contributed by atoms with Crippen molar-refractivity contribution in [1.29, 1.82) is 0 Å². The summed E-state index contributed by atoms with van der Waals surface area (Å²) < 4.78 is 11.3. The van der Waals surface area contributed by atoms with Crippen molar-refractivity contribution in [3.63, 3.8) is 0 Å². The number of halogens is 1. The molecule has 24 heavy (non-hydrogen) atoms. The fraction of sp³-hybridized carbons (Fsp3) is 0.389. The quantitative estimate of drug-likeness (QED) is 0.822. The van der Waals surface area contributed by atoms with Crippen molar-refractivity contribution in [2.45, 2.75) is 33.1 Å². The molecule has 4 nitrogen and oxygen atoms in total. The molecule has 0 aliphatic carbocycles. The first-order valence-corrected chi connectivity index (χ1v) is 9.27. The Morgan fingerprint density at radius 3 is 2.67 bits per heavy atom. The van der Waals surface area contributed by atoms with Crippen molar-refractivity contribution >= 4 is 34.5 Å². The molecule has 0 atom stereocenters. The average molecular weight is 366 g/mol. The van der Waals surface area contributed by atoms with Gasteiger partial charge in [0.25, 0.3) is 5.91 Å². The fourth-order valence-electron chi connectivity index (χ4n) is 2.61. The van der Waals surface area contributed by atoms with Gasteiger partial charge in [-0.1, -0.05) is 24.9 Å². The number of fused-ring (bicyclic) bond motifs is 1. The van der Waals surface area contributed by atoms with E-state index in [2.05, 4.69) is 12.2 Å². The number of nitrogens with one attached hydrogen (secondary N) is 1. The van der Waals surface area contributed by atoms with Crippen molar-refractivity contribution in [3.8, 4) is 11.5 Å². The van der Waals surface area contributed by atoms with Crippen LogP contribution in [0.2, 0.25) is 5.02 Å². The van der Waals surface area contributed by atoms with E-state index in [1.54, 1.807) is 12.1 Å². The fourth-order valence-corrected chi connectivity index (χ4v) is 3.78. The number of amides is 1. The third-order valence-corrected chi connectivity index (χ3v) is 5.25. The first-order valence-electron chi connectivity index (χ1n) is 8.08. The van der Waals surface area contributed by atoms with Crippen LogP contribution in [0.1, 0.15) is 39.9 Å². The lowest BCUT2D eigenvalue weighted by Gasteiger charge is -2.12. The lowest BCUT2D eigenvalue weighted by molar-refractivity contribution is 0.103. The maximum absolute atomic E-state index is 12.5. The number of aryl methyl sites for hydroxylation is 2. The van der Waals surface area contributed by atoms with Crippen LogP contribution in [0.25, 0.3) is 0 Å². The summed E-state index contributed by atoms with van der Waals surface area (Å²) >= 11 is 7.79. The molecule has 0 spiro atoms. The molecule has 1 aromatic carbocycles. The zero-order chi connectivity index (χ0) is 17.1. The molecule has 1 aliphatic heterocycles. The zero-order valence-corrected chi connectivity index (χ0v) is 15.4. The SMILES string of the molecule is CCCc1cc(C(=O)Nc2cc3c(cc2Cl)OCCCO3)sc1C. The summed E-state index contributed by atoms with van der Waals surface area (Å²) in [5.74, 6) is 1.08. The molecule has 2 heterocycles. The second kappa shape index (κ2) is 7.45. The Morgan fingerprint density at radius 1 is 1.25 bits per heavy atom. The van der Waals surface area contributed by atoms with E-state index < -0.39 is 0 Å². The summed E-state index contributed by atoms with van der Waals surface area (Å²) in [4.78, 5) is 14.4. The molecule has 0 saturated carbocycles. The molecule has 0 unspecified atom stereocenters. The third kappa shape index (κ3) is 3.68. The molecule has 0 fully saturated rings. The van der Waals surface area contributed by atoms with Gasteiger partial charge in [-0.2, -0.15) is 0 Å². The number of rotatable bonds is 4. The molecular weight excluding hydrogens is 346 g/mol. The van der Waals surface area contributed by atoms with Gasteiger partial charge in [-0.25, -0.2) is 0 Å². The van der Waals surface area contributed by atoms with Crippen molar-refractivity contribution in [2.75, 3.05) is 18.5 Å². The normalized spacial score (nSPS) is 13.5. The van der Waals surface area contributed by atoms with E-state index in [1.165, 1.54) is 21.8 Å². The Labute approximate surface area is 150 Å². The average Bonchev–Trinajstić information content (AvgIpc) is 2.77. The van der Waals surface area contributed by atoms with Gasteiger partial charge >= 0.3 is 0 Å². The van der Waals surface area contributed by atoms with Gasteiger partial charge in [0.1, 0.15) is 0 Å². The van der Waals surface area contributed by atoms with Crippen molar-refractivity contribution in [3.05, 3.63) is 38.5 Å². The number of carbonyl (C=O) groups excluding carboxylic acids is 1. The van der Waals surface area contributed by atoms with Crippen LogP contribution >= 0.6 is 22.9 Å². The van der Waals surface area contributed by atoms with Gasteiger partial charge < -0.3 is 14.8 Å². The highest BCUT2D eigenvalue weighted by Gasteiger charge is 2.17. The molecule has 3 rings (SSSR count). The summed E-state index contributed by atoms with van der Waals surface area (Å²) in [7, 11) is 0. The van der Waals surface area contributed by atoms with Crippen molar-refractivity contribution < 1.29 is 14.3 Å². The van der Waals surface area contributed by atoms with Crippen LogP contribution in [0.3, 0.4) is 0 Å². The lowest BCUT2D eigenvalue weighted by Crippen LogP contribution is -2.11. The summed E-state index contributed by atoms with van der Waals surface area (Å²) in [6.07, 6.45) is 2.87. The number of hydrogen-bond donors (Lipinski definition) is 1. The summed E-state index contributed by atoms with van der Waals surface area (Å²) in [6.45, 7) is 5.37. The lowest BCUT2D eigenvalue weighted by atomic mass is 10.1. The molecule has 2 aromatic rings. The maximum Gasteiger partial charge on any atom is 0.265 e. The number of ether oxygens (including phenoxy) is 2. The molecular formula is C18H20ClNO3S. The van der Waals surface area contributed by atoms with Crippen molar-refractivity contribution in [2.24, 2.45) is 0 Å². The van der Waals surface area contributed by atoms with E-state index in [4.69, 9.17) is 21.1 Å². The van der Waals surface area contributed by atoms with E-state index in [0.29, 0.717) is 40.3 Å². The molecule has 1 N–H and O–H groups in total. The molecule has 1 aromatic heterocycles. The molecule has 128 valence electrons. The van der Waals surface area contributed by atoms with E-state index in [0.717, 1.165) is 19.3 Å².